The Balaban J connectivity index is 2.81. The highest BCUT2D eigenvalue weighted by Crippen LogP contribution is 2.11. The monoisotopic (exact) mass is 223 g/mol. The van der Waals surface area contributed by atoms with Gasteiger partial charge in [-0.25, -0.2) is 9.97 Å². The molecule has 0 radical (unpaired) electrons. The Morgan fingerprint density at radius 1 is 1.44 bits per heavy atom. The molecule has 1 aromatic heterocycles. The number of amides is 1. The van der Waals surface area contributed by atoms with Crippen molar-refractivity contribution in [1.29, 1.82) is 0 Å². The molecule has 0 atom stereocenters. The third-order valence-corrected chi connectivity index (χ3v) is 1.95. The fourth-order valence-electron chi connectivity index (χ4n) is 1.23. The van der Waals surface area contributed by atoms with Crippen LogP contribution in [0.25, 0.3) is 0 Å². The van der Waals surface area contributed by atoms with Gasteiger partial charge in [-0.2, -0.15) is 0 Å². The molecule has 1 aromatic rings. The molecule has 6 heteroatoms. The van der Waals surface area contributed by atoms with Crippen molar-refractivity contribution in [1.82, 2.24) is 9.97 Å². The Hall–Kier alpha value is -1.85. The second-order valence-electron chi connectivity index (χ2n) is 3.37. The van der Waals surface area contributed by atoms with Crippen molar-refractivity contribution < 1.29 is 4.79 Å². The number of anilines is 2. The summed E-state index contributed by atoms with van der Waals surface area (Å²) < 4.78 is 0. The highest BCUT2D eigenvalue weighted by molar-refractivity contribution is 5.78. The summed E-state index contributed by atoms with van der Waals surface area (Å²) in [4.78, 5) is 19.2. The zero-order chi connectivity index (χ0) is 12.0. The second kappa shape index (κ2) is 5.89. The molecule has 88 valence electrons. The van der Waals surface area contributed by atoms with Gasteiger partial charge in [-0.15, -0.1) is 0 Å². The van der Waals surface area contributed by atoms with E-state index < -0.39 is 5.91 Å². The molecule has 0 unspecified atom stereocenters. The molecular formula is C10H17N5O. The summed E-state index contributed by atoms with van der Waals surface area (Å²) in [6.45, 7) is 2.14. The van der Waals surface area contributed by atoms with Crippen LogP contribution >= 0.6 is 0 Å². The molecule has 16 heavy (non-hydrogen) atoms. The number of carbonyl (C=O) groups excluding carboxylic acids is 1. The molecule has 1 heterocycles. The van der Waals surface area contributed by atoms with Crippen molar-refractivity contribution in [2.45, 2.75) is 19.8 Å². The number of nitrogens with one attached hydrogen (secondary N) is 2. The van der Waals surface area contributed by atoms with E-state index in [0.29, 0.717) is 5.82 Å². The molecule has 0 aliphatic heterocycles. The first-order chi connectivity index (χ1) is 7.65. The minimum atomic E-state index is -0.415. The van der Waals surface area contributed by atoms with E-state index in [2.05, 4.69) is 27.5 Å². The third-order valence-electron chi connectivity index (χ3n) is 1.95. The van der Waals surface area contributed by atoms with Crippen LogP contribution in [0.1, 0.15) is 19.2 Å². The normalized spacial score (nSPS) is 9.88. The lowest BCUT2D eigenvalue weighted by Gasteiger charge is -2.08. The van der Waals surface area contributed by atoms with E-state index in [-0.39, 0.29) is 6.54 Å². The van der Waals surface area contributed by atoms with Gasteiger partial charge in [0.05, 0.1) is 6.54 Å². The van der Waals surface area contributed by atoms with Crippen LogP contribution in [-0.4, -0.2) is 29.5 Å². The maximum absolute atomic E-state index is 10.6. The first kappa shape index (κ1) is 12.2. The molecular weight excluding hydrogens is 206 g/mol. The molecule has 0 aliphatic rings. The quantitative estimate of drug-likeness (QED) is 0.648. The molecule has 0 saturated heterocycles. The predicted molar refractivity (Wildman–Crippen MR) is 63.3 cm³/mol. The van der Waals surface area contributed by atoms with Gasteiger partial charge in [0.2, 0.25) is 5.91 Å². The average Bonchev–Trinajstić information content (AvgIpc) is 2.26. The van der Waals surface area contributed by atoms with Crippen LogP contribution in [0.4, 0.5) is 11.6 Å². The van der Waals surface area contributed by atoms with E-state index in [0.717, 1.165) is 24.5 Å². The van der Waals surface area contributed by atoms with Crippen LogP contribution in [0.3, 0.4) is 0 Å². The van der Waals surface area contributed by atoms with E-state index in [9.17, 15) is 4.79 Å². The molecule has 1 amide bonds. The molecule has 6 nitrogen and oxygen atoms in total. The average molecular weight is 223 g/mol. The van der Waals surface area contributed by atoms with Crippen molar-refractivity contribution in [2.24, 2.45) is 5.73 Å². The van der Waals surface area contributed by atoms with E-state index in [1.54, 1.807) is 13.1 Å². The number of primary amides is 1. The van der Waals surface area contributed by atoms with Crippen LogP contribution < -0.4 is 16.4 Å². The molecule has 0 spiro atoms. The van der Waals surface area contributed by atoms with Crippen molar-refractivity contribution in [3.63, 3.8) is 0 Å². The van der Waals surface area contributed by atoms with E-state index in [4.69, 9.17) is 5.73 Å². The summed E-state index contributed by atoms with van der Waals surface area (Å²) in [6.07, 6.45) is 1.78. The summed E-state index contributed by atoms with van der Waals surface area (Å²) in [5.74, 6) is 1.68. The van der Waals surface area contributed by atoms with Crippen LogP contribution in [-0.2, 0) is 11.2 Å². The van der Waals surface area contributed by atoms with Gasteiger partial charge in [-0.3, -0.25) is 4.79 Å². The number of nitrogens with two attached hydrogens (primary N) is 1. The summed E-state index contributed by atoms with van der Waals surface area (Å²) in [7, 11) is 1.79. The largest absolute Gasteiger partial charge is 0.373 e. The van der Waals surface area contributed by atoms with Crippen molar-refractivity contribution in [3.8, 4) is 0 Å². The number of aromatic nitrogens is 2. The molecule has 4 N–H and O–H groups in total. The van der Waals surface area contributed by atoms with Gasteiger partial charge in [0, 0.05) is 19.5 Å². The molecule has 0 fully saturated rings. The lowest BCUT2D eigenvalue weighted by molar-refractivity contribution is -0.116. The highest BCUT2D eigenvalue weighted by atomic mass is 16.1. The minimum absolute atomic E-state index is 0.0751. The molecule has 1 rings (SSSR count). The number of aryl methyl sites for hydroxylation is 1. The molecule has 0 saturated carbocycles. The van der Waals surface area contributed by atoms with Gasteiger partial charge in [-0.1, -0.05) is 6.92 Å². The van der Waals surface area contributed by atoms with Gasteiger partial charge in [0.25, 0.3) is 0 Å². The zero-order valence-electron chi connectivity index (χ0n) is 9.58. The Kier molecular flexibility index (Phi) is 4.50. The first-order valence-corrected chi connectivity index (χ1v) is 5.23. The Morgan fingerprint density at radius 2 is 2.12 bits per heavy atom. The number of nitrogens with zero attached hydrogens (tertiary/aromatic N) is 2. The fraction of sp³-hybridized carbons (Fsp3) is 0.500. The lowest BCUT2D eigenvalue weighted by Crippen LogP contribution is -2.22. The maximum atomic E-state index is 10.6. The summed E-state index contributed by atoms with van der Waals surface area (Å²) in [5.41, 5.74) is 5.05. The third kappa shape index (κ3) is 3.72. The van der Waals surface area contributed by atoms with Crippen LogP contribution in [0, 0.1) is 0 Å². The van der Waals surface area contributed by atoms with Gasteiger partial charge >= 0.3 is 0 Å². The highest BCUT2D eigenvalue weighted by Gasteiger charge is 2.03. The summed E-state index contributed by atoms with van der Waals surface area (Å²) in [6, 6.07) is 1.74. The number of rotatable bonds is 6. The summed E-state index contributed by atoms with van der Waals surface area (Å²) >= 11 is 0. The van der Waals surface area contributed by atoms with Gasteiger partial charge in [0.1, 0.15) is 17.5 Å². The Labute approximate surface area is 94.7 Å². The first-order valence-electron chi connectivity index (χ1n) is 5.23. The standard InChI is InChI=1S/C10H17N5O/c1-3-4-8-14-9(12-2)5-10(15-8)13-6-7(11)16/h5H,3-4,6H2,1-2H3,(H2,11,16)(H2,12,13,14,15). The predicted octanol–water partition coefficient (Wildman–Crippen LogP) is 0.368. The van der Waals surface area contributed by atoms with E-state index >= 15 is 0 Å². The number of hydrogen-bond acceptors (Lipinski definition) is 5. The Bertz CT molecular complexity index is 366. The lowest BCUT2D eigenvalue weighted by atomic mass is 10.3. The minimum Gasteiger partial charge on any atom is -0.373 e. The van der Waals surface area contributed by atoms with Gasteiger partial charge < -0.3 is 16.4 Å². The Morgan fingerprint density at radius 3 is 2.69 bits per heavy atom. The van der Waals surface area contributed by atoms with Crippen LogP contribution in [0.5, 0.6) is 0 Å². The van der Waals surface area contributed by atoms with Gasteiger partial charge in [-0.05, 0) is 6.42 Å². The number of carbonyl (C=O) groups is 1. The van der Waals surface area contributed by atoms with Gasteiger partial charge in [0.15, 0.2) is 0 Å². The zero-order valence-corrected chi connectivity index (χ0v) is 9.58. The summed E-state index contributed by atoms with van der Waals surface area (Å²) in [5, 5.41) is 5.80. The molecule has 0 aromatic carbocycles. The molecule has 0 bridgehead atoms. The fourth-order valence-corrected chi connectivity index (χ4v) is 1.23. The topological polar surface area (TPSA) is 92.9 Å². The van der Waals surface area contributed by atoms with Crippen molar-refractivity contribution >= 4 is 17.5 Å². The molecule has 0 aliphatic carbocycles. The SMILES string of the molecule is CCCc1nc(NC)cc(NCC(N)=O)n1. The van der Waals surface area contributed by atoms with E-state index in [1.165, 1.54) is 0 Å². The maximum Gasteiger partial charge on any atom is 0.236 e. The van der Waals surface area contributed by atoms with Crippen molar-refractivity contribution in [3.05, 3.63) is 11.9 Å². The second-order valence-corrected chi connectivity index (χ2v) is 3.37. The van der Waals surface area contributed by atoms with Crippen LogP contribution in [0.15, 0.2) is 6.07 Å². The van der Waals surface area contributed by atoms with E-state index in [1.807, 2.05) is 0 Å². The number of hydrogen-bond donors (Lipinski definition) is 3. The van der Waals surface area contributed by atoms with Crippen LogP contribution in [0.2, 0.25) is 0 Å². The van der Waals surface area contributed by atoms with Crippen molar-refractivity contribution in [2.75, 3.05) is 24.2 Å². The smallest absolute Gasteiger partial charge is 0.236 e.